The Morgan fingerprint density at radius 3 is 2.57 bits per heavy atom. The average Bonchev–Trinajstić information content (AvgIpc) is 2.91. The highest BCUT2D eigenvalue weighted by Gasteiger charge is 2.14. The number of hydrogen-bond acceptors (Lipinski definition) is 8. The number of hydrazone groups is 1. The number of carbonyl (C=O) groups excluding carboxylic acids is 1. The maximum absolute atomic E-state index is 12.5. The van der Waals surface area contributed by atoms with Crippen LogP contribution in [-0.2, 0) is 0 Å². The number of aromatic nitrogens is 2. The quantitative estimate of drug-likeness (QED) is 0.158. The first-order chi connectivity index (χ1) is 18.0. The van der Waals surface area contributed by atoms with Gasteiger partial charge in [-0.2, -0.15) is 10.4 Å². The number of benzene rings is 3. The monoisotopic (exact) mass is 493 g/mol. The third-order valence-electron chi connectivity index (χ3n) is 5.22. The molecule has 2 N–H and O–H groups in total. The van der Waals surface area contributed by atoms with Gasteiger partial charge in [-0.3, -0.25) is 9.78 Å². The van der Waals surface area contributed by atoms with Crippen LogP contribution in [0.15, 0.2) is 82.7 Å². The van der Waals surface area contributed by atoms with Gasteiger partial charge in [0.2, 0.25) is 5.95 Å². The van der Waals surface area contributed by atoms with E-state index in [0.29, 0.717) is 29.0 Å². The summed E-state index contributed by atoms with van der Waals surface area (Å²) in [4.78, 5) is 31.8. The molecule has 4 aromatic rings. The second-order valence-electron chi connectivity index (χ2n) is 7.88. The summed E-state index contributed by atoms with van der Waals surface area (Å²) in [6, 6.07) is 22.9. The van der Waals surface area contributed by atoms with Gasteiger partial charge in [0.05, 0.1) is 24.1 Å². The van der Waals surface area contributed by atoms with Crippen LogP contribution < -0.4 is 20.5 Å². The van der Waals surface area contributed by atoms with E-state index in [9.17, 15) is 14.9 Å². The van der Waals surface area contributed by atoms with Crippen molar-refractivity contribution in [3.8, 4) is 28.8 Å². The molecule has 0 spiro atoms. The molecule has 0 atom stereocenters. The van der Waals surface area contributed by atoms with Crippen molar-refractivity contribution in [1.29, 1.82) is 5.26 Å². The molecule has 0 aliphatic carbocycles. The molecule has 0 aliphatic rings. The molecule has 0 aliphatic heterocycles. The lowest BCUT2D eigenvalue weighted by molar-refractivity contribution is 0.0728. The molecule has 1 heterocycles. The van der Waals surface area contributed by atoms with Crippen molar-refractivity contribution >= 4 is 18.1 Å². The first-order valence-corrected chi connectivity index (χ1v) is 11.4. The molecule has 0 saturated carbocycles. The lowest BCUT2D eigenvalue weighted by Gasteiger charge is -2.11. The molecule has 184 valence electrons. The standard InChI is InChI=1S/C28H23N5O4/c1-3-36-24-15-19(11-14-23(24)37-27(35)21-12-9-18(2)10-13-21)17-30-33-28-31-25(20-7-5-4-6-8-20)22(16-29)26(34)32-28/h4-15,17H,3H2,1-2H3,(H2,31,32,33,34). The van der Waals surface area contributed by atoms with E-state index in [4.69, 9.17) is 9.47 Å². The minimum atomic E-state index is -0.576. The fourth-order valence-electron chi connectivity index (χ4n) is 3.41. The topological polar surface area (TPSA) is 129 Å². The van der Waals surface area contributed by atoms with Crippen LogP contribution in [0.4, 0.5) is 5.95 Å². The number of rotatable bonds is 8. The third-order valence-corrected chi connectivity index (χ3v) is 5.22. The van der Waals surface area contributed by atoms with Gasteiger partial charge in [0.15, 0.2) is 11.5 Å². The van der Waals surface area contributed by atoms with E-state index < -0.39 is 11.5 Å². The maximum Gasteiger partial charge on any atom is 0.343 e. The lowest BCUT2D eigenvalue weighted by atomic mass is 10.1. The summed E-state index contributed by atoms with van der Waals surface area (Å²) < 4.78 is 11.2. The number of hydrogen-bond donors (Lipinski definition) is 2. The molecule has 0 radical (unpaired) electrons. The summed E-state index contributed by atoms with van der Waals surface area (Å²) in [6.45, 7) is 4.13. The second-order valence-corrected chi connectivity index (χ2v) is 7.88. The van der Waals surface area contributed by atoms with Crippen molar-refractivity contribution in [2.24, 2.45) is 5.10 Å². The highest BCUT2D eigenvalue weighted by Crippen LogP contribution is 2.29. The number of anilines is 1. The number of nitriles is 1. The van der Waals surface area contributed by atoms with Gasteiger partial charge < -0.3 is 9.47 Å². The van der Waals surface area contributed by atoms with E-state index in [1.165, 1.54) is 6.21 Å². The van der Waals surface area contributed by atoms with Crippen LogP contribution >= 0.6 is 0 Å². The molecule has 0 bridgehead atoms. The zero-order valence-electron chi connectivity index (χ0n) is 20.2. The zero-order chi connectivity index (χ0) is 26.2. The van der Waals surface area contributed by atoms with Gasteiger partial charge in [-0.15, -0.1) is 0 Å². The average molecular weight is 494 g/mol. The van der Waals surface area contributed by atoms with Gasteiger partial charge >= 0.3 is 5.97 Å². The van der Waals surface area contributed by atoms with Crippen molar-refractivity contribution < 1.29 is 14.3 Å². The number of H-pyrrole nitrogens is 1. The summed E-state index contributed by atoms with van der Waals surface area (Å²) in [5.74, 6) is 0.244. The maximum atomic E-state index is 12.5. The number of nitrogens with one attached hydrogen (secondary N) is 2. The molecule has 1 aromatic heterocycles. The predicted molar refractivity (Wildman–Crippen MR) is 140 cm³/mol. The van der Waals surface area contributed by atoms with Crippen molar-refractivity contribution in [3.05, 3.63) is 105 Å². The van der Waals surface area contributed by atoms with Crippen LogP contribution in [0.2, 0.25) is 0 Å². The zero-order valence-corrected chi connectivity index (χ0v) is 20.2. The summed E-state index contributed by atoms with van der Waals surface area (Å²) in [5.41, 5.74) is 5.03. The van der Waals surface area contributed by atoms with E-state index in [0.717, 1.165) is 5.56 Å². The van der Waals surface area contributed by atoms with Crippen molar-refractivity contribution in [3.63, 3.8) is 0 Å². The molecular formula is C28H23N5O4. The second kappa shape index (κ2) is 11.5. The van der Waals surface area contributed by atoms with Gasteiger partial charge in [0.1, 0.15) is 11.6 Å². The summed E-state index contributed by atoms with van der Waals surface area (Å²) in [6.07, 6.45) is 1.49. The number of nitrogens with zero attached hydrogens (tertiary/aromatic N) is 3. The van der Waals surface area contributed by atoms with E-state index in [1.54, 1.807) is 54.6 Å². The minimum absolute atomic E-state index is 0.0767. The normalized spacial score (nSPS) is 10.6. The predicted octanol–water partition coefficient (Wildman–Crippen LogP) is 4.68. The molecule has 0 unspecified atom stereocenters. The van der Waals surface area contributed by atoms with Crippen LogP contribution in [0, 0.1) is 18.3 Å². The first-order valence-electron chi connectivity index (χ1n) is 11.4. The molecular weight excluding hydrogens is 470 g/mol. The Labute approximate surface area is 213 Å². The van der Waals surface area contributed by atoms with Crippen molar-refractivity contribution in [1.82, 2.24) is 9.97 Å². The summed E-state index contributed by atoms with van der Waals surface area (Å²) in [7, 11) is 0. The molecule has 9 nitrogen and oxygen atoms in total. The van der Waals surface area contributed by atoms with Gasteiger partial charge in [0, 0.05) is 5.56 Å². The van der Waals surface area contributed by atoms with Crippen molar-refractivity contribution in [2.75, 3.05) is 12.0 Å². The summed E-state index contributed by atoms with van der Waals surface area (Å²) >= 11 is 0. The van der Waals surface area contributed by atoms with Crippen LogP contribution in [-0.4, -0.2) is 28.8 Å². The van der Waals surface area contributed by atoms with Gasteiger partial charge in [-0.25, -0.2) is 15.2 Å². The molecule has 37 heavy (non-hydrogen) atoms. The van der Waals surface area contributed by atoms with E-state index in [1.807, 2.05) is 38.1 Å². The van der Waals surface area contributed by atoms with Crippen LogP contribution in [0.3, 0.4) is 0 Å². The van der Waals surface area contributed by atoms with E-state index in [2.05, 4.69) is 20.5 Å². The smallest absolute Gasteiger partial charge is 0.343 e. The molecule has 4 rings (SSSR count). The third kappa shape index (κ3) is 6.07. The minimum Gasteiger partial charge on any atom is -0.490 e. The number of carbonyl (C=O) groups is 1. The lowest BCUT2D eigenvalue weighted by Crippen LogP contribution is -2.16. The number of esters is 1. The van der Waals surface area contributed by atoms with E-state index >= 15 is 0 Å². The Morgan fingerprint density at radius 1 is 1.11 bits per heavy atom. The molecule has 0 fully saturated rings. The molecule has 3 aromatic carbocycles. The number of aromatic amines is 1. The summed E-state index contributed by atoms with van der Waals surface area (Å²) in [5, 5.41) is 13.5. The number of aryl methyl sites for hydroxylation is 1. The van der Waals surface area contributed by atoms with Crippen LogP contribution in [0.25, 0.3) is 11.3 Å². The first kappa shape index (κ1) is 24.9. The fraction of sp³-hybridized carbons (Fsp3) is 0.107. The SMILES string of the molecule is CCOc1cc(C=NNc2nc(-c3ccccc3)c(C#N)c(=O)[nH]2)ccc1OC(=O)c1ccc(C)cc1. The van der Waals surface area contributed by atoms with Gasteiger partial charge in [0.25, 0.3) is 5.56 Å². The van der Waals surface area contributed by atoms with Crippen LogP contribution in [0.1, 0.15) is 34.0 Å². The highest BCUT2D eigenvalue weighted by molar-refractivity contribution is 5.91. The number of ether oxygens (including phenoxy) is 2. The highest BCUT2D eigenvalue weighted by atomic mass is 16.6. The fourth-order valence-corrected chi connectivity index (χ4v) is 3.41. The largest absolute Gasteiger partial charge is 0.490 e. The van der Waals surface area contributed by atoms with Gasteiger partial charge in [-0.05, 0) is 49.7 Å². The Hall–Kier alpha value is -5.23. The van der Waals surface area contributed by atoms with Crippen LogP contribution in [0.5, 0.6) is 11.5 Å². The molecule has 0 amide bonds. The van der Waals surface area contributed by atoms with Crippen molar-refractivity contribution in [2.45, 2.75) is 13.8 Å². The molecule has 0 saturated heterocycles. The molecule has 9 heteroatoms. The van der Waals surface area contributed by atoms with E-state index in [-0.39, 0.29) is 23.0 Å². The Balaban J connectivity index is 1.53. The Morgan fingerprint density at radius 2 is 1.86 bits per heavy atom. The van der Waals surface area contributed by atoms with Gasteiger partial charge in [-0.1, -0.05) is 48.0 Å². The Bertz CT molecular complexity index is 1540. The Kier molecular flexibility index (Phi) is 7.71.